The van der Waals surface area contributed by atoms with E-state index in [2.05, 4.69) is 4.90 Å². The average molecular weight is 378 g/mol. The van der Waals surface area contributed by atoms with Crippen LogP contribution >= 0.6 is 0 Å². The molecule has 0 atom stereocenters. The van der Waals surface area contributed by atoms with Gasteiger partial charge in [-0.05, 0) is 36.8 Å². The Morgan fingerprint density at radius 1 is 1.04 bits per heavy atom. The van der Waals surface area contributed by atoms with Crippen LogP contribution < -0.4 is 4.74 Å². The fraction of sp³-hybridized carbons (Fsp3) is 0.368. The largest absolute Gasteiger partial charge is 0.492 e. The molecule has 0 spiro atoms. The highest BCUT2D eigenvalue weighted by Gasteiger charge is 2.28. The molecule has 140 valence electrons. The van der Waals surface area contributed by atoms with E-state index in [1.165, 1.54) is 22.5 Å². The summed E-state index contributed by atoms with van der Waals surface area (Å²) in [5, 5.41) is 0. The number of hydrogen-bond donors (Lipinski definition) is 0. The van der Waals surface area contributed by atoms with Crippen molar-refractivity contribution >= 4 is 10.0 Å². The third-order valence-electron chi connectivity index (χ3n) is 4.52. The van der Waals surface area contributed by atoms with Crippen molar-refractivity contribution in [2.75, 3.05) is 39.3 Å². The molecule has 0 unspecified atom stereocenters. The second-order valence-electron chi connectivity index (χ2n) is 6.32. The standard InChI is InChI=1S/C19H23FN2O3S/c1-16-5-2-3-8-19(16)25-14-13-21-9-11-22(12-10-21)26(23,24)18-7-4-6-17(20)15-18/h2-8,15H,9-14H2,1H3. The molecule has 0 aromatic heterocycles. The molecule has 1 heterocycles. The molecule has 7 heteroatoms. The second-order valence-corrected chi connectivity index (χ2v) is 8.25. The number of halogens is 1. The van der Waals surface area contributed by atoms with E-state index >= 15 is 0 Å². The van der Waals surface area contributed by atoms with Gasteiger partial charge in [0.25, 0.3) is 0 Å². The van der Waals surface area contributed by atoms with Crippen LogP contribution in [-0.2, 0) is 10.0 Å². The molecular formula is C19H23FN2O3S. The van der Waals surface area contributed by atoms with Crippen LogP contribution in [0.5, 0.6) is 5.75 Å². The molecule has 26 heavy (non-hydrogen) atoms. The van der Waals surface area contributed by atoms with Gasteiger partial charge in [0, 0.05) is 32.7 Å². The van der Waals surface area contributed by atoms with E-state index < -0.39 is 15.8 Å². The van der Waals surface area contributed by atoms with E-state index in [1.54, 1.807) is 0 Å². The molecule has 3 rings (SSSR count). The van der Waals surface area contributed by atoms with Gasteiger partial charge in [0.1, 0.15) is 18.2 Å². The summed E-state index contributed by atoms with van der Waals surface area (Å²) >= 11 is 0. The lowest BCUT2D eigenvalue weighted by atomic mass is 10.2. The Kier molecular flexibility index (Phi) is 5.90. The van der Waals surface area contributed by atoms with Gasteiger partial charge in [-0.25, -0.2) is 12.8 Å². The molecule has 5 nitrogen and oxygen atoms in total. The molecule has 0 radical (unpaired) electrons. The summed E-state index contributed by atoms with van der Waals surface area (Å²) in [5.74, 6) is 0.331. The summed E-state index contributed by atoms with van der Waals surface area (Å²) in [6.07, 6.45) is 0. The second kappa shape index (κ2) is 8.16. The minimum atomic E-state index is -3.64. The highest BCUT2D eigenvalue weighted by atomic mass is 32.2. The van der Waals surface area contributed by atoms with Crippen molar-refractivity contribution in [1.82, 2.24) is 9.21 Å². The first-order chi connectivity index (χ1) is 12.5. The fourth-order valence-corrected chi connectivity index (χ4v) is 4.43. The van der Waals surface area contributed by atoms with Gasteiger partial charge in [0.15, 0.2) is 0 Å². The van der Waals surface area contributed by atoms with Crippen LogP contribution in [0, 0.1) is 12.7 Å². The number of para-hydroxylation sites is 1. The summed E-state index contributed by atoms with van der Waals surface area (Å²) in [6, 6.07) is 13.0. The molecule has 0 aliphatic carbocycles. The number of hydrogen-bond acceptors (Lipinski definition) is 4. The Hall–Kier alpha value is -1.96. The van der Waals surface area contributed by atoms with E-state index in [0.717, 1.165) is 23.9 Å². The van der Waals surface area contributed by atoms with Crippen molar-refractivity contribution in [3.8, 4) is 5.75 Å². The van der Waals surface area contributed by atoms with Gasteiger partial charge in [-0.3, -0.25) is 4.90 Å². The Morgan fingerprint density at radius 2 is 1.77 bits per heavy atom. The highest BCUT2D eigenvalue weighted by molar-refractivity contribution is 7.89. The minimum Gasteiger partial charge on any atom is -0.492 e. The Balaban J connectivity index is 1.50. The smallest absolute Gasteiger partial charge is 0.243 e. The van der Waals surface area contributed by atoms with Crippen LogP contribution in [0.15, 0.2) is 53.4 Å². The van der Waals surface area contributed by atoms with E-state index in [-0.39, 0.29) is 4.90 Å². The molecule has 2 aromatic rings. The minimum absolute atomic E-state index is 0.00818. The maximum Gasteiger partial charge on any atom is 0.243 e. The van der Waals surface area contributed by atoms with Crippen LogP contribution in [0.3, 0.4) is 0 Å². The molecule has 0 N–H and O–H groups in total. The molecule has 1 aliphatic heterocycles. The summed E-state index contributed by atoms with van der Waals surface area (Å²) in [6.45, 7) is 5.35. The molecule has 1 aliphatic rings. The SMILES string of the molecule is Cc1ccccc1OCCN1CCN(S(=O)(=O)c2cccc(F)c2)CC1. The third kappa shape index (κ3) is 4.41. The molecule has 1 saturated heterocycles. The fourth-order valence-electron chi connectivity index (χ4n) is 2.97. The number of piperazine rings is 1. The molecule has 2 aromatic carbocycles. The van der Waals surface area contributed by atoms with E-state index in [0.29, 0.717) is 32.8 Å². The van der Waals surface area contributed by atoms with Crippen LogP contribution in [0.25, 0.3) is 0 Å². The van der Waals surface area contributed by atoms with E-state index in [9.17, 15) is 12.8 Å². The van der Waals surface area contributed by atoms with Crippen molar-refractivity contribution in [2.45, 2.75) is 11.8 Å². The molecule has 0 amide bonds. The number of aryl methyl sites for hydroxylation is 1. The predicted molar refractivity (Wildman–Crippen MR) is 98.3 cm³/mol. The normalized spacial score (nSPS) is 16.5. The van der Waals surface area contributed by atoms with Crippen molar-refractivity contribution in [2.24, 2.45) is 0 Å². The quantitative estimate of drug-likeness (QED) is 0.775. The summed E-state index contributed by atoms with van der Waals surface area (Å²) in [5.41, 5.74) is 1.10. The van der Waals surface area contributed by atoms with Gasteiger partial charge in [-0.1, -0.05) is 24.3 Å². The maximum atomic E-state index is 13.3. The Labute approximate surface area is 154 Å². The van der Waals surface area contributed by atoms with Gasteiger partial charge < -0.3 is 4.74 Å². The van der Waals surface area contributed by atoms with Crippen LogP contribution in [0.1, 0.15) is 5.56 Å². The zero-order chi connectivity index (χ0) is 18.6. The van der Waals surface area contributed by atoms with Crippen LogP contribution in [0.2, 0.25) is 0 Å². The first-order valence-electron chi connectivity index (χ1n) is 8.63. The zero-order valence-electron chi connectivity index (χ0n) is 14.8. The summed E-state index contributed by atoms with van der Waals surface area (Å²) in [7, 11) is -3.64. The molecular weight excluding hydrogens is 355 g/mol. The Bertz CT molecular complexity index is 849. The monoisotopic (exact) mass is 378 g/mol. The summed E-state index contributed by atoms with van der Waals surface area (Å²) < 4.78 is 45.7. The lowest BCUT2D eigenvalue weighted by Crippen LogP contribution is -2.49. The first kappa shape index (κ1) is 18.8. The van der Waals surface area contributed by atoms with Crippen LogP contribution in [-0.4, -0.2) is 57.0 Å². The van der Waals surface area contributed by atoms with Crippen molar-refractivity contribution in [1.29, 1.82) is 0 Å². The molecule has 1 fully saturated rings. The van der Waals surface area contributed by atoms with Gasteiger partial charge in [0.05, 0.1) is 4.90 Å². The number of nitrogens with zero attached hydrogens (tertiary/aromatic N) is 2. The predicted octanol–water partition coefficient (Wildman–Crippen LogP) is 2.52. The topological polar surface area (TPSA) is 49.9 Å². The third-order valence-corrected chi connectivity index (χ3v) is 6.42. The number of ether oxygens (including phenoxy) is 1. The number of sulfonamides is 1. The van der Waals surface area contributed by atoms with Crippen molar-refractivity contribution in [3.63, 3.8) is 0 Å². The van der Waals surface area contributed by atoms with Crippen molar-refractivity contribution in [3.05, 3.63) is 59.9 Å². The van der Waals surface area contributed by atoms with Crippen LogP contribution in [0.4, 0.5) is 4.39 Å². The zero-order valence-corrected chi connectivity index (χ0v) is 15.6. The molecule has 0 bridgehead atoms. The lowest BCUT2D eigenvalue weighted by Gasteiger charge is -2.33. The van der Waals surface area contributed by atoms with Gasteiger partial charge in [-0.2, -0.15) is 4.31 Å². The average Bonchev–Trinajstić information content (AvgIpc) is 2.64. The Morgan fingerprint density at radius 3 is 2.46 bits per heavy atom. The number of benzene rings is 2. The first-order valence-corrected chi connectivity index (χ1v) is 10.1. The van der Waals surface area contributed by atoms with Gasteiger partial charge in [0.2, 0.25) is 10.0 Å². The van der Waals surface area contributed by atoms with E-state index in [1.807, 2.05) is 31.2 Å². The lowest BCUT2D eigenvalue weighted by molar-refractivity contribution is 0.158. The molecule has 0 saturated carbocycles. The summed E-state index contributed by atoms with van der Waals surface area (Å²) in [4.78, 5) is 2.18. The van der Waals surface area contributed by atoms with Gasteiger partial charge >= 0.3 is 0 Å². The van der Waals surface area contributed by atoms with Crippen molar-refractivity contribution < 1.29 is 17.5 Å². The maximum absolute atomic E-state index is 13.3. The number of rotatable bonds is 6. The highest BCUT2D eigenvalue weighted by Crippen LogP contribution is 2.19. The van der Waals surface area contributed by atoms with E-state index in [4.69, 9.17) is 4.74 Å². The van der Waals surface area contributed by atoms with Gasteiger partial charge in [-0.15, -0.1) is 0 Å².